The molecule has 3 aromatic carbocycles. The zero-order chi connectivity index (χ0) is 17.8. The Labute approximate surface area is 157 Å². The maximum Gasteiger partial charge on any atom is 0.244 e. The average molecular weight is 370 g/mol. The lowest BCUT2D eigenvalue weighted by Crippen LogP contribution is -2.24. The van der Waals surface area contributed by atoms with E-state index in [2.05, 4.69) is 29.6 Å². The van der Waals surface area contributed by atoms with Gasteiger partial charge >= 0.3 is 0 Å². The Kier molecular flexibility index (Phi) is 5.42. The molecule has 1 N–H and O–H groups in total. The number of carbonyl (C=O) groups is 1. The Morgan fingerprint density at radius 1 is 0.960 bits per heavy atom. The number of nitrogens with one attached hydrogen (secondary N) is 1. The summed E-state index contributed by atoms with van der Waals surface area (Å²) in [4.78, 5) is 12.2. The van der Waals surface area contributed by atoms with Crippen LogP contribution in [0.15, 0.2) is 66.7 Å². The van der Waals surface area contributed by atoms with Crippen LogP contribution in [0.3, 0.4) is 0 Å². The van der Waals surface area contributed by atoms with Crippen LogP contribution in [-0.4, -0.2) is 5.91 Å². The van der Waals surface area contributed by atoms with E-state index in [4.69, 9.17) is 23.2 Å². The molecule has 3 aromatic rings. The highest BCUT2D eigenvalue weighted by molar-refractivity contribution is 6.42. The van der Waals surface area contributed by atoms with Crippen LogP contribution in [0.2, 0.25) is 10.0 Å². The van der Waals surface area contributed by atoms with E-state index < -0.39 is 0 Å². The number of hydrogen-bond donors (Lipinski definition) is 1. The van der Waals surface area contributed by atoms with Gasteiger partial charge in [-0.25, -0.2) is 0 Å². The van der Waals surface area contributed by atoms with Gasteiger partial charge in [-0.05, 0) is 53.1 Å². The standard InChI is InChI=1S/C21H17Cl2NO/c1-14(17-9-8-16-4-2-3-5-18(16)13-17)24-21(25)11-7-15-6-10-19(22)20(23)12-15/h2-14H,1H3,(H,24,25)/b11-7+/t14-/m0/s1. The van der Waals surface area contributed by atoms with Gasteiger partial charge in [0.15, 0.2) is 0 Å². The number of amides is 1. The van der Waals surface area contributed by atoms with Crippen molar-refractivity contribution < 1.29 is 4.79 Å². The molecule has 2 nitrogen and oxygen atoms in total. The molecule has 0 aliphatic carbocycles. The highest BCUT2D eigenvalue weighted by atomic mass is 35.5. The first-order valence-corrected chi connectivity index (χ1v) is 8.71. The van der Waals surface area contributed by atoms with Crippen molar-refractivity contribution in [3.8, 4) is 0 Å². The van der Waals surface area contributed by atoms with Crippen molar-refractivity contribution in [2.24, 2.45) is 0 Å². The molecule has 0 radical (unpaired) electrons. The minimum absolute atomic E-state index is 0.0874. The highest BCUT2D eigenvalue weighted by Gasteiger charge is 2.08. The molecule has 0 aromatic heterocycles. The van der Waals surface area contributed by atoms with Crippen LogP contribution in [0.4, 0.5) is 0 Å². The van der Waals surface area contributed by atoms with Crippen LogP contribution < -0.4 is 5.32 Å². The van der Waals surface area contributed by atoms with Gasteiger partial charge in [-0.3, -0.25) is 4.79 Å². The summed E-state index contributed by atoms with van der Waals surface area (Å²) in [7, 11) is 0. The summed E-state index contributed by atoms with van der Waals surface area (Å²) in [6, 6.07) is 19.5. The largest absolute Gasteiger partial charge is 0.346 e. The molecule has 0 heterocycles. The summed E-state index contributed by atoms with van der Waals surface area (Å²) in [6.07, 6.45) is 3.21. The monoisotopic (exact) mass is 369 g/mol. The van der Waals surface area contributed by atoms with Gasteiger partial charge in [0.05, 0.1) is 16.1 Å². The van der Waals surface area contributed by atoms with Crippen molar-refractivity contribution in [1.82, 2.24) is 5.32 Å². The zero-order valence-electron chi connectivity index (χ0n) is 13.7. The van der Waals surface area contributed by atoms with Crippen molar-refractivity contribution in [1.29, 1.82) is 0 Å². The van der Waals surface area contributed by atoms with Gasteiger partial charge in [-0.2, -0.15) is 0 Å². The molecule has 0 fully saturated rings. The summed E-state index contributed by atoms with van der Waals surface area (Å²) in [6.45, 7) is 1.97. The van der Waals surface area contributed by atoms with Crippen LogP contribution in [0, 0.1) is 0 Å². The van der Waals surface area contributed by atoms with Gasteiger partial charge < -0.3 is 5.32 Å². The van der Waals surface area contributed by atoms with E-state index in [1.165, 1.54) is 11.5 Å². The highest BCUT2D eigenvalue weighted by Crippen LogP contribution is 2.23. The normalized spacial score (nSPS) is 12.4. The molecule has 25 heavy (non-hydrogen) atoms. The molecular formula is C21H17Cl2NO. The fourth-order valence-corrected chi connectivity index (χ4v) is 2.92. The van der Waals surface area contributed by atoms with Gasteiger partial charge in [-0.1, -0.05) is 65.7 Å². The fraction of sp³-hybridized carbons (Fsp3) is 0.0952. The Morgan fingerprint density at radius 3 is 2.48 bits per heavy atom. The number of benzene rings is 3. The summed E-state index contributed by atoms with van der Waals surface area (Å²) >= 11 is 11.9. The van der Waals surface area contributed by atoms with E-state index in [1.807, 2.05) is 31.2 Å². The summed E-state index contributed by atoms with van der Waals surface area (Å²) in [5, 5.41) is 6.28. The van der Waals surface area contributed by atoms with Gasteiger partial charge in [0, 0.05) is 6.08 Å². The molecule has 0 aliphatic rings. The number of carbonyl (C=O) groups excluding carboxylic acids is 1. The van der Waals surface area contributed by atoms with E-state index in [1.54, 1.807) is 18.2 Å². The van der Waals surface area contributed by atoms with Crippen molar-refractivity contribution >= 4 is 46.0 Å². The Bertz CT molecular complexity index is 950. The molecule has 0 saturated carbocycles. The maximum atomic E-state index is 12.2. The van der Waals surface area contributed by atoms with Crippen LogP contribution >= 0.6 is 23.2 Å². The van der Waals surface area contributed by atoms with Gasteiger partial charge in [-0.15, -0.1) is 0 Å². The van der Waals surface area contributed by atoms with Crippen molar-refractivity contribution in [2.75, 3.05) is 0 Å². The Morgan fingerprint density at radius 2 is 1.72 bits per heavy atom. The summed E-state index contributed by atoms with van der Waals surface area (Å²) < 4.78 is 0. The molecule has 4 heteroatoms. The third kappa shape index (κ3) is 4.41. The predicted octanol–water partition coefficient (Wildman–Crippen LogP) is 6.04. The molecule has 3 rings (SSSR count). The molecule has 0 aliphatic heterocycles. The first-order chi connectivity index (χ1) is 12.0. The number of rotatable bonds is 4. The van der Waals surface area contributed by atoms with Crippen LogP contribution in [0.5, 0.6) is 0 Å². The third-order valence-corrected chi connectivity index (χ3v) is 4.74. The molecule has 1 atom stereocenters. The molecular weight excluding hydrogens is 353 g/mol. The van der Waals surface area contributed by atoms with Crippen molar-refractivity contribution in [3.05, 3.63) is 87.9 Å². The van der Waals surface area contributed by atoms with Gasteiger partial charge in [0.1, 0.15) is 0 Å². The topological polar surface area (TPSA) is 29.1 Å². The maximum absolute atomic E-state index is 12.2. The van der Waals surface area contributed by atoms with E-state index >= 15 is 0 Å². The number of fused-ring (bicyclic) bond motifs is 1. The summed E-state index contributed by atoms with van der Waals surface area (Å²) in [5.41, 5.74) is 1.89. The first-order valence-electron chi connectivity index (χ1n) is 7.95. The van der Waals surface area contributed by atoms with Crippen LogP contribution in [-0.2, 0) is 4.79 Å². The molecule has 1 amide bonds. The number of halogens is 2. The average Bonchev–Trinajstić information content (AvgIpc) is 2.62. The second-order valence-corrected chi connectivity index (χ2v) is 6.66. The third-order valence-electron chi connectivity index (χ3n) is 4.00. The minimum Gasteiger partial charge on any atom is -0.346 e. The smallest absolute Gasteiger partial charge is 0.244 e. The number of hydrogen-bond acceptors (Lipinski definition) is 1. The van der Waals surface area contributed by atoms with Gasteiger partial charge in [0.2, 0.25) is 5.91 Å². The van der Waals surface area contributed by atoms with Crippen LogP contribution in [0.25, 0.3) is 16.8 Å². The molecule has 0 unspecified atom stereocenters. The Hall–Kier alpha value is -2.29. The molecule has 0 spiro atoms. The predicted molar refractivity (Wildman–Crippen MR) is 106 cm³/mol. The molecule has 0 saturated heterocycles. The van der Waals surface area contributed by atoms with E-state index in [0.29, 0.717) is 10.0 Å². The Balaban J connectivity index is 1.68. The van der Waals surface area contributed by atoms with Crippen molar-refractivity contribution in [2.45, 2.75) is 13.0 Å². The first kappa shape index (κ1) is 17.5. The van der Waals surface area contributed by atoms with E-state index in [0.717, 1.165) is 16.5 Å². The van der Waals surface area contributed by atoms with Crippen molar-refractivity contribution in [3.63, 3.8) is 0 Å². The lowest BCUT2D eigenvalue weighted by Gasteiger charge is -2.14. The lowest BCUT2D eigenvalue weighted by atomic mass is 10.0. The summed E-state index contributed by atoms with van der Waals surface area (Å²) in [5.74, 6) is -0.160. The SMILES string of the molecule is C[C@H](NC(=O)/C=C/c1ccc(Cl)c(Cl)c1)c1ccc2ccccc2c1. The second-order valence-electron chi connectivity index (χ2n) is 5.84. The quantitative estimate of drug-likeness (QED) is 0.558. The molecule has 126 valence electrons. The van der Waals surface area contributed by atoms with E-state index in [-0.39, 0.29) is 11.9 Å². The lowest BCUT2D eigenvalue weighted by molar-refractivity contribution is -0.117. The zero-order valence-corrected chi connectivity index (χ0v) is 15.2. The van der Waals surface area contributed by atoms with Crippen LogP contribution in [0.1, 0.15) is 24.1 Å². The second kappa shape index (κ2) is 7.73. The van der Waals surface area contributed by atoms with E-state index in [9.17, 15) is 4.79 Å². The van der Waals surface area contributed by atoms with Gasteiger partial charge in [0.25, 0.3) is 0 Å². The fourth-order valence-electron chi connectivity index (χ4n) is 2.61. The minimum atomic E-state index is -0.160. The molecule has 0 bridgehead atoms.